The first kappa shape index (κ1) is 12.8. The molecule has 1 aromatic carbocycles. The predicted molar refractivity (Wildman–Crippen MR) is 71.3 cm³/mol. The van der Waals surface area contributed by atoms with Gasteiger partial charge in [-0.3, -0.25) is 0 Å². The van der Waals surface area contributed by atoms with Crippen molar-refractivity contribution in [2.75, 3.05) is 0 Å². The topological polar surface area (TPSA) is 78.6 Å². The average molecular weight is 309 g/mol. The van der Waals surface area contributed by atoms with Crippen LogP contribution in [0.3, 0.4) is 0 Å². The first-order valence-corrected chi connectivity index (χ1v) is 6.18. The Balaban J connectivity index is 1.86. The van der Waals surface area contributed by atoms with E-state index in [9.17, 15) is 0 Å². The molecule has 100 valence electrons. The molecule has 0 radical (unpaired) electrons. The van der Waals surface area contributed by atoms with E-state index in [1.54, 1.807) is 4.68 Å². The summed E-state index contributed by atoms with van der Waals surface area (Å²) in [7, 11) is 0. The number of hydrogen-bond donors (Lipinski definition) is 0. The zero-order chi connectivity index (χ0) is 13.9. The maximum Gasteiger partial charge on any atom is 0.342 e. The van der Waals surface area contributed by atoms with Crippen LogP contribution in [0.15, 0.2) is 36.7 Å². The highest BCUT2D eigenvalue weighted by Crippen LogP contribution is 2.23. The molecule has 0 aliphatic rings. The molecule has 2 heterocycles. The minimum absolute atomic E-state index is 0.00233. The highest BCUT2D eigenvalue weighted by atomic mass is 35.5. The number of hydrogen-bond acceptors (Lipinski definition) is 6. The second kappa shape index (κ2) is 5.40. The van der Waals surface area contributed by atoms with Crippen LogP contribution in [-0.4, -0.2) is 29.9 Å². The number of rotatable bonds is 3. The molecule has 0 amide bonds. The Morgan fingerprint density at radius 3 is 2.65 bits per heavy atom. The molecule has 0 bridgehead atoms. The summed E-state index contributed by atoms with van der Waals surface area (Å²) in [5.41, 5.74) is 0.847. The van der Waals surface area contributed by atoms with Crippen LogP contribution >= 0.6 is 23.2 Å². The highest BCUT2D eigenvalue weighted by Gasteiger charge is 2.12. The van der Waals surface area contributed by atoms with Crippen LogP contribution in [0.25, 0.3) is 5.69 Å². The molecule has 20 heavy (non-hydrogen) atoms. The number of halogens is 2. The van der Waals surface area contributed by atoms with Gasteiger partial charge < -0.3 is 4.74 Å². The van der Waals surface area contributed by atoms with Crippen LogP contribution in [0, 0.1) is 0 Å². The largest absolute Gasteiger partial charge is 0.401 e. The SMILES string of the molecule is Clc1nnc(Cl)c(Oc2ncn(-c3ccccc3)n2)n1. The van der Waals surface area contributed by atoms with Gasteiger partial charge in [0.05, 0.1) is 5.69 Å². The average Bonchev–Trinajstić information content (AvgIpc) is 2.92. The molecule has 2 aromatic heterocycles. The number of ether oxygens (including phenoxy) is 1. The van der Waals surface area contributed by atoms with Gasteiger partial charge in [0, 0.05) is 0 Å². The van der Waals surface area contributed by atoms with Crippen LogP contribution in [0.1, 0.15) is 0 Å². The summed E-state index contributed by atoms with van der Waals surface area (Å²) in [5, 5.41) is 11.1. The van der Waals surface area contributed by atoms with E-state index in [4.69, 9.17) is 27.9 Å². The smallest absolute Gasteiger partial charge is 0.342 e. The summed E-state index contributed by atoms with van der Waals surface area (Å²) in [6, 6.07) is 9.53. The van der Waals surface area contributed by atoms with Gasteiger partial charge in [-0.2, -0.15) is 9.97 Å². The van der Waals surface area contributed by atoms with E-state index in [-0.39, 0.29) is 22.3 Å². The van der Waals surface area contributed by atoms with Crippen molar-refractivity contribution < 1.29 is 4.74 Å². The van der Waals surface area contributed by atoms with Gasteiger partial charge in [-0.25, -0.2) is 4.68 Å². The molecule has 9 heteroatoms. The number of benzene rings is 1. The van der Waals surface area contributed by atoms with Crippen LogP contribution in [-0.2, 0) is 0 Å². The highest BCUT2D eigenvalue weighted by molar-refractivity contribution is 6.31. The summed E-state index contributed by atoms with van der Waals surface area (Å²) in [5.74, 6) is -0.00233. The van der Waals surface area contributed by atoms with Crippen molar-refractivity contribution in [3.63, 3.8) is 0 Å². The lowest BCUT2D eigenvalue weighted by molar-refractivity contribution is 0.420. The molecule has 7 nitrogen and oxygen atoms in total. The molecule has 0 aliphatic heterocycles. The first-order chi connectivity index (χ1) is 9.72. The molecular formula is C11H6Cl2N6O. The van der Waals surface area contributed by atoms with E-state index in [1.165, 1.54) is 6.33 Å². The van der Waals surface area contributed by atoms with Crippen molar-refractivity contribution in [2.45, 2.75) is 0 Å². The fraction of sp³-hybridized carbons (Fsp3) is 0. The fourth-order valence-electron chi connectivity index (χ4n) is 1.43. The molecule has 0 fully saturated rings. The van der Waals surface area contributed by atoms with Crippen molar-refractivity contribution >= 4 is 23.2 Å². The maximum atomic E-state index is 5.79. The zero-order valence-electron chi connectivity index (χ0n) is 9.81. The summed E-state index contributed by atoms with van der Waals surface area (Å²) in [4.78, 5) is 7.80. The minimum atomic E-state index is -0.0770. The summed E-state index contributed by atoms with van der Waals surface area (Å²) >= 11 is 11.4. The van der Waals surface area contributed by atoms with E-state index < -0.39 is 0 Å². The minimum Gasteiger partial charge on any atom is -0.401 e. The van der Waals surface area contributed by atoms with E-state index in [2.05, 4.69) is 25.3 Å². The Labute approximate surface area is 123 Å². The van der Waals surface area contributed by atoms with Gasteiger partial charge in [0.25, 0.3) is 5.88 Å². The van der Waals surface area contributed by atoms with Crippen molar-refractivity contribution in [2.24, 2.45) is 0 Å². The van der Waals surface area contributed by atoms with E-state index in [0.717, 1.165) is 5.69 Å². The van der Waals surface area contributed by atoms with Gasteiger partial charge in [-0.05, 0) is 23.7 Å². The normalized spacial score (nSPS) is 10.5. The number of aromatic nitrogens is 6. The summed E-state index contributed by atoms with van der Waals surface area (Å²) < 4.78 is 6.87. The van der Waals surface area contributed by atoms with Gasteiger partial charge in [-0.15, -0.1) is 15.3 Å². The second-order valence-electron chi connectivity index (χ2n) is 3.59. The standard InChI is InChI=1S/C11H6Cl2N6O/c12-8-9(15-10(13)17-16-8)20-11-14-6-19(18-11)7-4-2-1-3-5-7/h1-6H. The molecule has 3 rings (SSSR count). The number of nitrogens with zero attached hydrogens (tertiary/aromatic N) is 6. The maximum absolute atomic E-state index is 5.79. The van der Waals surface area contributed by atoms with Gasteiger partial charge in [0.15, 0.2) is 0 Å². The molecule has 0 aliphatic carbocycles. The third-order valence-corrected chi connectivity index (χ3v) is 2.67. The Hall–Kier alpha value is -2.25. The zero-order valence-corrected chi connectivity index (χ0v) is 11.3. The van der Waals surface area contributed by atoms with Crippen LogP contribution < -0.4 is 4.74 Å². The lowest BCUT2D eigenvalue weighted by Crippen LogP contribution is -1.97. The molecule has 3 aromatic rings. The fourth-order valence-corrected chi connectivity index (χ4v) is 1.66. The molecule has 0 N–H and O–H groups in total. The molecular weight excluding hydrogens is 303 g/mol. The van der Waals surface area contributed by atoms with E-state index >= 15 is 0 Å². The lowest BCUT2D eigenvalue weighted by atomic mass is 10.3. The van der Waals surface area contributed by atoms with E-state index in [0.29, 0.717) is 0 Å². The van der Waals surface area contributed by atoms with Crippen molar-refractivity contribution in [3.8, 4) is 17.6 Å². The second-order valence-corrected chi connectivity index (χ2v) is 4.28. The lowest BCUT2D eigenvalue weighted by Gasteiger charge is -2.01. The predicted octanol–water partition coefficient (Wildman–Crippen LogP) is 2.55. The van der Waals surface area contributed by atoms with Crippen molar-refractivity contribution in [1.82, 2.24) is 29.9 Å². The van der Waals surface area contributed by atoms with Crippen molar-refractivity contribution in [3.05, 3.63) is 47.1 Å². The molecule has 0 saturated heterocycles. The Kier molecular flexibility index (Phi) is 3.44. The summed E-state index contributed by atoms with van der Waals surface area (Å²) in [6.45, 7) is 0. The molecule has 0 unspecified atom stereocenters. The summed E-state index contributed by atoms with van der Waals surface area (Å²) in [6.07, 6.45) is 1.51. The molecule has 0 saturated carbocycles. The van der Waals surface area contributed by atoms with Gasteiger partial charge >= 0.3 is 6.01 Å². The van der Waals surface area contributed by atoms with Crippen molar-refractivity contribution in [1.29, 1.82) is 0 Å². The van der Waals surface area contributed by atoms with Gasteiger partial charge in [0.2, 0.25) is 10.4 Å². The van der Waals surface area contributed by atoms with Crippen LogP contribution in [0.5, 0.6) is 11.9 Å². The number of para-hydroxylation sites is 1. The Morgan fingerprint density at radius 1 is 1.05 bits per heavy atom. The van der Waals surface area contributed by atoms with Gasteiger partial charge in [0.1, 0.15) is 6.33 Å². The monoisotopic (exact) mass is 308 g/mol. The Morgan fingerprint density at radius 2 is 1.85 bits per heavy atom. The quantitative estimate of drug-likeness (QED) is 0.740. The first-order valence-electron chi connectivity index (χ1n) is 5.43. The van der Waals surface area contributed by atoms with Gasteiger partial charge in [-0.1, -0.05) is 29.8 Å². The van der Waals surface area contributed by atoms with Crippen LogP contribution in [0.4, 0.5) is 0 Å². The Bertz CT molecular complexity index is 733. The molecule has 0 atom stereocenters. The van der Waals surface area contributed by atoms with E-state index in [1.807, 2.05) is 30.3 Å². The third kappa shape index (κ3) is 2.68. The molecule has 0 spiro atoms. The third-order valence-electron chi connectivity index (χ3n) is 2.27. The van der Waals surface area contributed by atoms with Crippen LogP contribution in [0.2, 0.25) is 10.4 Å².